The maximum absolute atomic E-state index is 12.8. The van der Waals surface area contributed by atoms with Gasteiger partial charge in [-0.15, -0.1) is 0 Å². The number of hydrogen-bond donors (Lipinski definition) is 1. The van der Waals surface area contributed by atoms with Crippen LogP contribution in [0.1, 0.15) is 40.1 Å². The van der Waals surface area contributed by atoms with Crippen LogP contribution in [0.25, 0.3) is 0 Å². The Morgan fingerprint density at radius 3 is 2.50 bits per heavy atom. The molecule has 1 aliphatic heterocycles. The number of amides is 2. The lowest BCUT2D eigenvalue weighted by atomic mass is 10.0. The van der Waals surface area contributed by atoms with Crippen LogP contribution in [0.2, 0.25) is 0 Å². The first-order chi connectivity index (χ1) is 12.5. The highest BCUT2D eigenvalue weighted by Gasteiger charge is 2.23. The Kier molecular flexibility index (Phi) is 5.99. The van der Waals surface area contributed by atoms with Crippen LogP contribution in [0.15, 0.2) is 48.5 Å². The molecule has 0 radical (unpaired) electrons. The Balaban J connectivity index is 1.66. The van der Waals surface area contributed by atoms with Crippen molar-refractivity contribution < 1.29 is 9.59 Å². The SMILES string of the molecule is CC(=O)Nc1ccc(C(=O)N2CCS[C@H](c3ccccc3C)CC2)cc1. The fraction of sp³-hybridized carbons (Fsp3) is 0.333. The van der Waals surface area contributed by atoms with Gasteiger partial charge in [-0.05, 0) is 48.7 Å². The fourth-order valence-electron chi connectivity index (χ4n) is 3.25. The summed E-state index contributed by atoms with van der Waals surface area (Å²) in [5, 5.41) is 3.16. The third kappa shape index (κ3) is 4.47. The molecule has 2 amide bonds. The van der Waals surface area contributed by atoms with E-state index in [-0.39, 0.29) is 11.8 Å². The van der Waals surface area contributed by atoms with E-state index in [1.54, 1.807) is 24.3 Å². The average Bonchev–Trinajstić information content (AvgIpc) is 2.88. The molecule has 1 heterocycles. The molecule has 1 aliphatic rings. The number of aryl methyl sites for hydroxylation is 1. The molecular formula is C21H24N2O2S. The molecule has 3 rings (SSSR count). The van der Waals surface area contributed by atoms with E-state index in [0.29, 0.717) is 16.5 Å². The summed E-state index contributed by atoms with van der Waals surface area (Å²) in [5.74, 6) is 0.885. The molecule has 1 N–H and O–H groups in total. The van der Waals surface area contributed by atoms with Gasteiger partial charge in [0.2, 0.25) is 5.91 Å². The van der Waals surface area contributed by atoms with Crippen LogP contribution in [0.3, 0.4) is 0 Å². The second-order valence-corrected chi connectivity index (χ2v) is 7.87. The Hall–Kier alpha value is -2.27. The van der Waals surface area contributed by atoms with E-state index in [9.17, 15) is 9.59 Å². The van der Waals surface area contributed by atoms with Gasteiger partial charge in [-0.2, -0.15) is 11.8 Å². The molecule has 1 fully saturated rings. The molecule has 0 aliphatic carbocycles. The van der Waals surface area contributed by atoms with E-state index in [1.807, 2.05) is 16.7 Å². The van der Waals surface area contributed by atoms with E-state index in [0.717, 1.165) is 25.3 Å². The molecule has 136 valence electrons. The molecule has 0 bridgehead atoms. The number of thioether (sulfide) groups is 1. The largest absolute Gasteiger partial charge is 0.338 e. The molecule has 1 saturated heterocycles. The summed E-state index contributed by atoms with van der Waals surface area (Å²) >= 11 is 1.94. The maximum Gasteiger partial charge on any atom is 0.253 e. The van der Waals surface area contributed by atoms with Crippen molar-refractivity contribution in [1.29, 1.82) is 0 Å². The van der Waals surface area contributed by atoms with Crippen molar-refractivity contribution in [2.24, 2.45) is 0 Å². The molecule has 2 aromatic rings. The normalized spacial score (nSPS) is 17.5. The van der Waals surface area contributed by atoms with Gasteiger partial charge in [0.05, 0.1) is 0 Å². The van der Waals surface area contributed by atoms with Gasteiger partial charge in [-0.25, -0.2) is 0 Å². The molecule has 0 aromatic heterocycles. The Morgan fingerprint density at radius 2 is 1.81 bits per heavy atom. The van der Waals surface area contributed by atoms with Crippen LogP contribution >= 0.6 is 11.8 Å². The summed E-state index contributed by atoms with van der Waals surface area (Å²) in [5.41, 5.74) is 4.07. The van der Waals surface area contributed by atoms with Gasteiger partial charge < -0.3 is 10.2 Å². The van der Waals surface area contributed by atoms with Crippen LogP contribution in [0.5, 0.6) is 0 Å². The van der Waals surface area contributed by atoms with Crippen LogP contribution in [-0.2, 0) is 4.79 Å². The number of benzene rings is 2. The molecule has 26 heavy (non-hydrogen) atoms. The number of hydrogen-bond acceptors (Lipinski definition) is 3. The number of nitrogens with one attached hydrogen (secondary N) is 1. The van der Waals surface area contributed by atoms with Gasteiger partial charge in [-0.1, -0.05) is 24.3 Å². The monoisotopic (exact) mass is 368 g/mol. The van der Waals surface area contributed by atoms with Crippen molar-refractivity contribution >= 4 is 29.3 Å². The first kappa shape index (κ1) is 18.5. The third-order valence-corrected chi connectivity index (χ3v) is 5.93. The van der Waals surface area contributed by atoms with Crippen LogP contribution in [0, 0.1) is 6.92 Å². The highest BCUT2D eigenvalue weighted by atomic mass is 32.2. The third-order valence-electron chi connectivity index (χ3n) is 4.62. The average molecular weight is 369 g/mol. The maximum atomic E-state index is 12.8. The highest BCUT2D eigenvalue weighted by molar-refractivity contribution is 7.99. The summed E-state index contributed by atoms with van der Waals surface area (Å²) in [7, 11) is 0. The number of rotatable bonds is 3. The van der Waals surface area contributed by atoms with E-state index < -0.39 is 0 Å². The first-order valence-corrected chi connectivity index (χ1v) is 9.93. The molecule has 5 heteroatoms. The lowest BCUT2D eigenvalue weighted by molar-refractivity contribution is -0.114. The number of carbonyl (C=O) groups is 2. The zero-order valence-corrected chi connectivity index (χ0v) is 16.0. The standard InChI is InChI=1S/C21H24N2O2S/c1-15-5-3-4-6-19(15)20-11-12-23(13-14-26-20)21(25)17-7-9-18(10-8-17)22-16(2)24/h3-10,20H,11-14H2,1-2H3,(H,22,24)/t20-/m0/s1. The summed E-state index contributed by atoms with van der Waals surface area (Å²) in [6, 6.07) is 15.6. The van der Waals surface area contributed by atoms with Crippen molar-refractivity contribution in [1.82, 2.24) is 4.90 Å². The van der Waals surface area contributed by atoms with Crippen molar-refractivity contribution in [3.63, 3.8) is 0 Å². The highest BCUT2D eigenvalue weighted by Crippen LogP contribution is 2.36. The minimum Gasteiger partial charge on any atom is -0.338 e. The van der Waals surface area contributed by atoms with E-state index in [2.05, 4.69) is 36.5 Å². The van der Waals surface area contributed by atoms with Gasteiger partial charge >= 0.3 is 0 Å². The summed E-state index contributed by atoms with van der Waals surface area (Å²) in [6.07, 6.45) is 0.964. The van der Waals surface area contributed by atoms with Gasteiger partial charge in [0.1, 0.15) is 0 Å². The molecular weight excluding hydrogens is 344 g/mol. The molecule has 1 atom stereocenters. The van der Waals surface area contributed by atoms with Crippen LogP contribution in [-0.4, -0.2) is 35.6 Å². The second kappa shape index (κ2) is 8.41. The van der Waals surface area contributed by atoms with Crippen LogP contribution in [0.4, 0.5) is 5.69 Å². The predicted octanol–water partition coefficient (Wildman–Crippen LogP) is 4.27. The molecule has 0 unspecified atom stereocenters. The topological polar surface area (TPSA) is 49.4 Å². The molecule has 0 saturated carbocycles. The number of anilines is 1. The number of nitrogens with zero attached hydrogens (tertiary/aromatic N) is 1. The van der Waals surface area contributed by atoms with Gasteiger partial charge in [-0.3, -0.25) is 9.59 Å². The van der Waals surface area contributed by atoms with Gasteiger partial charge in [0, 0.05) is 42.3 Å². The minimum absolute atomic E-state index is 0.0606. The fourth-order valence-corrected chi connectivity index (χ4v) is 4.58. The molecule has 4 nitrogen and oxygen atoms in total. The Bertz CT molecular complexity index is 789. The first-order valence-electron chi connectivity index (χ1n) is 8.88. The van der Waals surface area contributed by atoms with Gasteiger partial charge in [0.15, 0.2) is 0 Å². The quantitative estimate of drug-likeness (QED) is 0.880. The smallest absolute Gasteiger partial charge is 0.253 e. The van der Waals surface area contributed by atoms with E-state index in [1.165, 1.54) is 18.1 Å². The lowest BCUT2D eigenvalue weighted by Gasteiger charge is -2.21. The summed E-state index contributed by atoms with van der Waals surface area (Å²) in [4.78, 5) is 25.9. The van der Waals surface area contributed by atoms with Crippen molar-refractivity contribution in [3.8, 4) is 0 Å². The zero-order chi connectivity index (χ0) is 18.5. The van der Waals surface area contributed by atoms with Crippen molar-refractivity contribution in [3.05, 3.63) is 65.2 Å². The van der Waals surface area contributed by atoms with Crippen molar-refractivity contribution in [2.75, 3.05) is 24.2 Å². The summed E-state index contributed by atoms with van der Waals surface area (Å²) in [6.45, 7) is 5.15. The molecule has 0 spiro atoms. The van der Waals surface area contributed by atoms with Crippen LogP contribution < -0.4 is 5.32 Å². The minimum atomic E-state index is -0.115. The number of carbonyl (C=O) groups excluding carboxylic acids is 2. The van der Waals surface area contributed by atoms with Crippen molar-refractivity contribution in [2.45, 2.75) is 25.5 Å². The zero-order valence-electron chi connectivity index (χ0n) is 15.2. The van der Waals surface area contributed by atoms with E-state index in [4.69, 9.17) is 0 Å². The van der Waals surface area contributed by atoms with E-state index >= 15 is 0 Å². The summed E-state index contributed by atoms with van der Waals surface area (Å²) < 4.78 is 0. The molecule has 2 aromatic carbocycles. The lowest BCUT2D eigenvalue weighted by Crippen LogP contribution is -2.32. The Labute approximate surface area is 159 Å². The second-order valence-electron chi connectivity index (χ2n) is 6.56. The Morgan fingerprint density at radius 1 is 1.08 bits per heavy atom. The van der Waals surface area contributed by atoms with Gasteiger partial charge in [0.25, 0.3) is 5.91 Å². The predicted molar refractivity (Wildman–Crippen MR) is 108 cm³/mol.